The van der Waals surface area contributed by atoms with Crippen molar-refractivity contribution in [3.8, 4) is 0 Å². The zero-order chi connectivity index (χ0) is 14.9. The first-order valence-corrected chi connectivity index (χ1v) is 7.15. The predicted molar refractivity (Wildman–Crippen MR) is 78.9 cm³/mol. The van der Waals surface area contributed by atoms with Gasteiger partial charge in [-0.3, -0.25) is 9.59 Å². The molecule has 3 rings (SSSR count). The maximum atomic E-state index is 11.8. The van der Waals surface area contributed by atoms with Crippen LogP contribution in [0, 0.1) is 5.41 Å². The summed E-state index contributed by atoms with van der Waals surface area (Å²) in [6.45, 7) is 0.248. The largest absolute Gasteiger partial charge is 0.481 e. The van der Waals surface area contributed by atoms with Crippen molar-refractivity contribution in [1.29, 1.82) is 0 Å². The van der Waals surface area contributed by atoms with Crippen LogP contribution in [0.25, 0.3) is 10.9 Å². The molecule has 21 heavy (non-hydrogen) atoms. The zero-order valence-corrected chi connectivity index (χ0v) is 11.7. The number of benzene rings is 1. The molecule has 1 aliphatic rings. The molecule has 5 nitrogen and oxygen atoms in total. The second-order valence-corrected chi connectivity index (χ2v) is 5.76. The number of nitrogens with one attached hydrogen (secondary N) is 2. The Hall–Kier alpha value is -2.30. The summed E-state index contributed by atoms with van der Waals surface area (Å²) in [7, 11) is 0. The smallest absolute Gasteiger partial charge is 0.311 e. The van der Waals surface area contributed by atoms with E-state index >= 15 is 0 Å². The third-order valence-corrected chi connectivity index (χ3v) is 4.19. The van der Waals surface area contributed by atoms with Crippen LogP contribution < -0.4 is 5.32 Å². The van der Waals surface area contributed by atoms with Gasteiger partial charge in [0, 0.05) is 24.7 Å². The summed E-state index contributed by atoms with van der Waals surface area (Å²) < 4.78 is 0. The Morgan fingerprint density at radius 2 is 2.10 bits per heavy atom. The van der Waals surface area contributed by atoms with Crippen LogP contribution in [0.1, 0.15) is 24.8 Å². The average molecular weight is 286 g/mol. The molecule has 0 bridgehead atoms. The summed E-state index contributed by atoms with van der Waals surface area (Å²) in [6.07, 6.45) is 4.25. The average Bonchev–Trinajstić information content (AvgIpc) is 3.13. The fourth-order valence-corrected chi connectivity index (χ4v) is 2.49. The molecule has 3 N–H and O–H groups in total. The van der Waals surface area contributed by atoms with Crippen LogP contribution in [0.3, 0.4) is 0 Å². The number of aromatic amines is 1. The quantitative estimate of drug-likeness (QED) is 0.760. The summed E-state index contributed by atoms with van der Waals surface area (Å²) in [4.78, 5) is 26.0. The van der Waals surface area contributed by atoms with Crippen molar-refractivity contribution in [2.45, 2.75) is 25.7 Å². The van der Waals surface area contributed by atoms with E-state index in [4.69, 9.17) is 5.11 Å². The molecule has 1 amide bonds. The lowest BCUT2D eigenvalue weighted by molar-refractivity contribution is -0.143. The van der Waals surface area contributed by atoms with Crippen LogP contribution >= 0.6 is 0 Å². The SMILES string of the molecule is O=C(CCc1ccc2[nH]ccc2c1)NCC1(C(=O)O)CC1. The van der Waals surface area contributed by atoms with E-state index in [0.717, 1.165) is 16.5 Å². The van der Waals surface area contributed by atoms with Gasteiger partial charge in [-0.2, -0.15) is 0 Å². The number of hydrogen-bond acceptors (Lipinski definition) is 2. The normalized spacial score (nSPS) is 15.8. The highest BCUT2D eigenvalue weighted by atomic mass is 16.4. The topological polar surface area (TPSA) is 82.2 Å². The van der Waals surface area contributed by atoms with Gasteiger partial charge in [-0.05, 0) is 48.4 Å². The molecule has 1 fully saturated rings. The molecule has 0 radical (unpaired) electrons. The second-order valence-electron chi connectivity index (χ2n) is 5.76. The van der Waals surface area contributed by atoms with Gasteiger partial charge in [0.05, 0.1) is 5.41 Å². The highest BCUT2D eigenvalue weighted by Gasteiger charge is 2.50. The fourth-order valence-electron chi connectivity index (χ4n) is 2.49. The van der Waals surface area contributed by atoms with Gasteiger partial charge in [0.1, 0.15) is 0 Å². The van der Waals surface area contributed by atoms with E-state index in [9.17, 15) is 9.59 Å². The Balaban J connectivity index is 1.50. The lowest BCUT2D eigenvalue weighted by atomic mass is 10.1. The number of carboxylic acid groups (broad SMARTS) is 1. The molecular formula is C16H18N2O3. The molecule has 1 aliphatic carbocycles. The summed E-state index contributed by atoms with van der Waals surface area (Å²) >= 11 is 0. The molecule has 0 aliphatic heterocycles. The van der Waals surface area contributed by atoms with E-state index in [1.54, 1.807) is 0 Å². The number of carboxylic acids is 1. The lowest BCUT2D eigenvalue weighted by Gasteiger charge is -2.11. The number of hydrogen-bond donors (Lipinski definition) is 3. The van der Waals surface area contributed by atoms with Crippen LogP contribution in [0.2, 0.25) is 0 Å². The van der Waals surface area contributed by atoms with E-state index in [0.29, 0.717) is 25.7 Å². The minimum atomic E-state index is -0.805. The van der Waals surface area contributed by atoms with Crippen molar-refractivity contribution >= 4 is 22.8 Å². The number of carbonyl (C=O) groups excluding carboxylic acids is 1. The number of carbonyl (C=O) groups is 2. The number of aliphatic carboxylic acids is 1. The molecule has 1 heterocycles. The summed E-state index contributed by atoms with van der Waals surface area (Å²) in [5.74, 6) is -0.891. The maximum Gasteiger partial charge on any atom is 0.311 e. The molecular weight excluding hydrogens is 268 g/mol. The molecule has 0 atom stereocenters. The Bertz CT molecular complexity index is 686. The van der Waals surface area contributed by atoms with Crippen molar-refractivity contribution in [2.24, 2.45) is 5.41 Å². The Kier molecular flexibility index (Phi) is 3.41. The number of amides is 1. The number of H-pyrrole nitrogens is 1. The standard InChI is InChI=1S/C16H18N2O3/c19-14(18-10-16(6-7-16)15(20)21)4-2-11-1-3-13-12(9-11)5-8-17-13/h1,3,5,8-9,17H,2,4,6-7,10H2,(H,18,19)(H,20,21). The fraction of sp³-hybridized carbons (Fsp3) is 0.375. The number of fused-ring (bicyclic) bond motifs is 1. The number of rotatable bonds is 6. The van der Waals surface area contributed by atoms with E-state index in [1.165, 1.54) is 0 Å². The maximum absolute atomic E-state index is 11.8. The third-order valence-electron chi connectivity index (χ3n) is 4.19. The molecule has 0 saturated heterocycles. The van der Waals surface area contributed by atoms with E-state index in [1.807, 2.05) is 24.4 Å². The van der Waals surface area contributed by atoms with Gasteiger partial charge in [-0.15, -0.1) is 0 Å². The molecule has 0 spiro atoms. The monoisotopic (exact) mass is 286 g/mol. The number of aromatic nitrogens is 1. The van der Waals surface area contributed by atoms with Gasteiger partial charge in [0.15, 0.2) is 0 Å². The van der Waals surface area contributed by atoms with Crippen LogP contribution in [0.4, 0.5) is 0 Å². The van der Waals surface area contributed by atoms with Gasteiger partial charge in [-0.25, -0.2) is 0 Å². The molecule has 2 aromatic rings. The molecule has 5 heteroatoms. The Morgan fingerprint density at radius 1 is 1.29 bits per heavy atom. The molecule has 110 valence electrons. The predicted octanol–water partition coefficient (Wildman–Crippen LogP) is 2.08. The Labute approximate surface area is 122 Å². The highest BCUT2D eigenvalue weighted by molar-refractivity contribution is 5.82. The molecule has 1 aromatic carbocycles. The minimum Gasteiger partial charge on any atom is -0.481 e. The second kappa shape index (κ2) is 5.24. The first kappa shape index (κ1) is 13.7. The van der Waals surface area contributed by atoms with Crippen molar-refractivity contribution in [3.05, 3.63) is 36.0 Å². The summed E-state index contributed by atoms with van der Waals surface area (Å²) in [5.41, 5.74) is 1.50. The lowest BCUT2D eigenvalue weighted by Crippen LogP contribution is -2.34. The van der Waals surface area contributed by atoms with Crippen LogP contribution in [0.5, 0.6) is 0 Å². The molecule has 0 unspecified atom stereocenters. The Morgan fingerprint density at radius 3 is 2.81 bits per heavy atom. The first-order valence-electron chi connectivity index (χ1n) is 7.15. The molecule has 1 aromatic heterocycles. The van der Waals surface area contributed by atoms with Crippen LogP contribution in [0.15, 0.2) is 30.5 Å². The van der Waals surface area contributed by atoms with Crippen molar-refractivity contribution < 1.29 is 14.7 Å². The summed E-state index contributed by atoms with van der Waals surface area (Å²) in [6, 6.07) is 8.08. The van der Waals surface area contributed by atoms with Crippen LogP contribution in [-0.4, -0.2) is 28.5 Å². The molecule has 1 saturated carbocycles. The first-order chi connectivity index (χ1) is 10.1. The van der Waals surface area contributed by atoms with E-state index in [-0.39, 0.29) is 12.5 Å². The summed E-state index contributed by atoms with van der Waals surface area (Å²) in [5, 5.41) is 12.9. The van der Waals surface area contributed by atoms with Gasteiger partial charge >= 0.3 is 5.97 Å². The van der Waals surface area contributed by atoms with E-state index < -0.39 is 11.4 Å². The van der Waals surface area contributed by atoms with Gasteiger partial charge in [-0.1, -0.05) is 6.07 Å². The minimum absolute atomic E-state index is 0.0864. The van der Waals surface area contributed by atoms with Crippen LogP contribution in [-0.2, 0) is 16.0 Å². The van der Waals surface area contributed by atoms with Crippen molar-refractivity contribution in [3.63, 3.8) is 0 Å². The van der Waals surface area contributed by atoms with Gasteiger partial charge in [0.25, 0.3) is 0 Å². The van der Waals surface area contributed by atoms with Crippen molar-refractivity contribution in [2.75, 3.05) is 6.54 Å². The van der Waals surface area contributed by atoms with E-state index in [2.05, 4.69) is 16.4 Å². The van der Waals surface area contributed by atoms with Gasteiger partial charge in [0.2, 0.25) is 5.91 Å². The highest BCUT2D eigenvalue weighted by Crippen LogP contribution is 2.45. The van der Waals surface area contributed by atoms with Gasteiger partial charge < -0.3 is 15.4 Å². The third kappa shape index (κ3) is 2.91. The zero-order valence-electron chi connectivity index (χ0n) is 11.7. The van der Waals surface area contributed by atoms with Crippen molar-refractivity contribution in [1.82, 2.24) is 10.3 Å². The number of aryl methyl sites for hydroxylation is 1.